The normalized spacial score (nSPS) is 12.7. The van der Waals surface area contributed by atoms with Crippen molar-refractivity contribution in [1.82, 2.24) is 0 Å². The second kappa shape index (κ2) is 18.3. The first-order valence-corrected chi connectivity index (χ1v) is 21.8. The maximum Gasteiger partial charge on any atom is -0.0105 e. The van der Waals surface area contributed by atoms with Crippen LogP contribution in [0.1, 0.15) is 108 Å². The summed E-state index contributed by atoms with van der Waals surface area (Å²) in [6.45, 7) is 13.6. The first kappa shape index (κ1) is 41.7. The summed E-state index contributed by atoms with van der Waals surface area (Å²) in [6, 6.07) is 70.3. The average molecular weight is 801 g/mol. The van der Waals surface area contributed by atoms with Crippen LogP contribution in [0.3, 0.4) is 0 Å². The molecule has 0 radical (unpaired) electrons. The molecule has 0 N–H and O–H groups in total. The third-order valence-electron chi connectivity index (χ3n) is 11.8. The van der Waals surface area contributed by atoms with Gasteiger partial charge in [-0.15, -0.1) is 0 Å². The summed E-state index contributed by atoms with van der Waals surface area (Å²) in [4.78, 5) is 0. The van der Waals surface area contributed by atoms with E-state index >= 15 is 0 Å². The van der Waals surface area contributed by atoms with Crippen molar-refractivity contribution >= 4 is 58.4 Å². The Balaban J connectivity index is 1.18. The van der Waals surface area contributed by atoms with Gasteiger partial charge in [0.2, 0.25) is 0 Å². The Morgan fingerprint density at radius 2 is 0.677 bits per heavy atom. The van der Waals surface area contributed by atoms with Gasteiger partial charge in [0.15, 0.2) is 0 Å². The van der Waals surface area contributed by atoms with Gasteiger partial charge in [0.25, 0.3) is 0 Å². The molecule has 0 nitrogen and oxygen atoms in total. The Hall–Kier alpha value is -7.02. The molecule has 0 saturated carbocycles. The van der Waals surface area contributed by atoms with E-state index in [0.29, 0.717) is 0 Å². The number of hydrogen-bond acceptors (Lipinski definition) is 0. The zero-order chi connectivity index (χ0) is 43.1. The first-order chi connectivity index (χ1) is 30.0. The van der Waals surface area contributed by atoms with Gasteiger partial charge in [0, 0.05) is 0 Å². The quantitative estimate of drug-likeness (QED) is 0.121. The van der Waals surface area contributed by atoms with Crippen molar-refractivity contribution in [3.05, 3.63) is 261 Å². The van der Waals surface area contributed by atoms with Crippen LogP contribution < -0.4 is 0 Å². The van der Waals surface area contributed by atoms with Crippen LogP contribution in [-0.2, 0) is 10.8 Å². The van der Waals surface area contributed by atoms with Crippen molar-refractivity contribution < 1.29 is 0 Å². The summed E-state index contributed by atoms with van der Waals surface area (Å²) in [5, 5.41) is 2.44. The maximum absolute atomic E-state index is 2.35. The largest absolute Gasteiger partial charge is 0.0622 e. The molecule has 0 unspecified atom stereocenters. The highest BCUT2D eigenvalue weighted by Crippen LogP contribution is 2.34. The molecule has 62 heavy (non-hydrogen) atoms. The van der Waals surface area contributed by atoms with Crippen LogP contribution in [0, 0.1) is 0 Å². The van der Waals surface area contributed by atoms with E-state index in [-0.39, 0.29) is 10.8 Å². The van der Waals surface area contributed by atoms with E-state index in [2.05, 4.69) is 272 Å². The monoisotopic (exact) mass is 800 g/mol. The lowest BCUT2D eigenvalue weighted by atomic mass is 9.85. The standard InChI is InChI=1S/C62H56/c1-61(2,3)55-38-33-51(34-39-55)59(47-21-9-7-10-22-47)43-53-26-15-13-19-45(53)29-30-50-32-31-49-25-17-18-28-57(49)58(50)42-37-46-20-14-16-27-54(46)44-60(48-23-11-8-12-24-48)52-35-40-56(41-36-52)62(4,5)6/h7-44H,1-6H3/b30-29?,42-37?,59-43-,60-44-. The van der Waals surface area contributed by atoms with Crippen LogP contribution in [0.2, 0.25) is 0 Å². The Bertz CT molecular complexity index is 2900. The lowest BCUT2D eigenvalue weighted by Crippen LogP contribution is -2.10. The third-order valence-corrected chi connectivity index (χ3v) is 11.8. The second-order valence-electron chi connectivity index (χ2n) is 18.2. The molecule has 0 aliphatic heterocycles. The molecule has 0 aromatic heterocycles. The van der Waals surface area contributed by atoms with E-state index < -0.39 is 0 Å². The molecule has 0 amide bonds. The summed E-state index contributed by atoms with van der Waals surface area (Å²) in [5.41, 5.74) is 17.1. The van der Waals surface area contributed by atoms with Crippen LogP contribution in [0.15, 0.2) is 194 Å². The Kier molecular flexibility index (Phi) is 12.3. The minimum Gasteiger partial charge on any atom is -0.0622 e. The van der Waals surface area contributed by atoms with Crippen LogP contribution in [0.5, 0.6) is 0 Å². The van der Waals surface area contributed by atoms with Crippen LogP contribution >= 0.6 is 0 Å². The minimum absolute atomic E-state index is 0.0912. The van der Waals surface area contributed by atoms with Gasteiger partial charge >= 0.3 is 0 Å². The van der Waals surface area contributed by atoms with Gasteiger partial charge in [-0.05, 0) is 112 Å². The zero-order valence-corrected chi connectivity index (χ0v) is 36.9. The van der Waals surface area contributed by atoms with Crippen molar-refractivity contribution in [2.45, 2.75) is 52.4 Å². The predicted molar refractivity (Wildman–Crippen MR) is 272 cm³/mol. The van der Waals surface area contributed by atoms with Crippen molar-refractivity contribution in [3.63, 3.8) is 0 Å². The Morgan fingerprint density at radius 1 is 0.306 bits per heavy atom. The summed E-state index contributed by atoms with van der Waals surface area (Å²) >= 11 is 0. The van der Waals surface area contributed by atoms with Gasteiger partial charge in [-0.3, -0.25) is 0 Å². The zero-order valence-electron chi connectivity index (χ0n) is 36.9. The highest BCUT2D eigenvalue weighted by Gasteiger charge is 2.16. The van der Waals surface area contributed by atoms with E-state index in [1.807, 2.05) is 0 Å². The number of benzene rings is 8. The van der Waals surface area contributed by atoms with Crippen molar-refractivity contribution in [1.29, 1.82) is 0 Å². The molecule has 0 spiro atoms. The molecule has 0 saturated heterocycles. The fourth-order valence-corrected chi connectivity index (χ4v) is 8.10. The number of hydrogen-bond donors (Lipinski definition) is 0. The summed E-state index contributed by atoms with van der Waals surface area (Å²) in [5.74, 6) is 0. The van der Waals surface area contributed by atoms with Crippen LogP contribution in [0.4, 0.5) is 0 Å². The number of fused-ring (bicyclic) bond motifs is 1. The molecule has 0 bridgehead atoms. The van der Waals surface area contributed by atoms with Gasteiger partial charge in [-0.25, -0.2) is 0 Å². The Morgan fingerprint density at radius 3 is 1.15 bits per heavy atom. The molecule has 0 aliphatic carbocycles. The molecule has 8 aromatic rings. The fraction of sp³-hybridized carbons (Fsp3) is 0.129. The molecular weight excluding hydrogens is 745 g/mol. The molecule has 304 valence electrons. The van der Waals surface area contributed by atoms with Crippen LogP contribution in [0.25, 0.3) is 58.4 Å². The highest BCUT2D eigenvalue weighted by molar-refractivity contribution is 5.99. The van der Waals surface area contributed by atoms with Crippen LogP contribution in [-0.4, -0.2) is 0 Å². The van der Waals surface area contributed by atoms with Crippen molar-refractivity contribution in [2.75, 3.05) is 0 Å². The van der Waals surface area contributed by atoms with E-state index in [4.69, 9.17) is 0 Å². The summed E-state index contributed by atoms with van der Waals surface area (Å²) in [6.07, 6.45) is 13.8. The minimum atomic E-state index is 0.0912. The van der Waals surface area contributed by atoms with E-state index in [1.165, 1.54) is 72.0 Å². The van der Waals surface area contributed by atoms with E-state index in [0.717, 1.165) is 16.7 Å². The molecule has 8 aromatic carbocycles. The first-order valence-electron chi connectivity index (χ1n) is 21.8. The smallest absolute Gasteiger partial charge is 0.0105 e. The van der Waals surface area contributed by atoms with Gasteiger partial charge in [-0.2, -0.15) is 0 Å². The molecule has 0 fully saturated rings. The van der Waals surface area contributed by atoms with Crippen molar-refractivity contribution in [3.8, 4) is 0 Å². The topological polar surface area (TPSA) is 0 Å². The van der Waals surface area contributed by atoms with Gasteiger partial charge in [-0.1, -0.05) is 260 Å². The molecule has 0 heterocycles. The Labute approximate surface area is 370 Å². The maximum atomic E-state index is 2.35. The molecule has 0 aliphatic rings. The summed E-state index contributed by atoms with van der Waals surface area (Å²) < 4.78 is 0. The number of rotatable bonds is 10. The predicted octanol–water partition coefficient (Wildman–Crippen LogP) is 17.0. The summed E-state index contributed by atoms with van der Waals surface area (Å²) in [7, 11) is 0. The SMILES string of the molecule is CC(C)(C)c1ccc(/C(=C\c2ccccc2C=Cc2ccc3ccccc3c2C=Cc2ccccc2/C=C(/c2ccccc2)c2ccc(C(C)(C)C)cc2)c2ccccc2)cc1. The van der Waals surface area contributed by atoms with Gasteiger partial charge in [0.1, 0.15) is 0 Å². The molecule has 0 heteroatoms. The van der Waals surface area contributed by atoms with E-state index in [1.54, 1.807) is 0 Å². The highest BCUT2D eigenvalue weighted by atomic mass is 14.2. The molecular formula is C62H56. The molecule has 8 rings (SSSR count). The lowest BCUT2D eigenvalue weighted by molar-refractivity contribution is 0.590. The van der Waals surface area contributed by atoms with Crippen molar-refractivity contribution in [2.24, 2.45) is 0 Å². The van der Waals surface area contributed by atoms with Gasteiger partial charge in [0.05, 0.1) is 0 Å². The second-order valence-corrected chi connectivity index (χ2v) is 18.2. The lowest BCUT2D eigenvalue weighted by Gasteiger charge is -2.20. The van der Waals surface area contributed by atoms with E-state index in [9.17, 15) is 0 Å². The average Bonchev–Trinajstić information content (AvgIpc) is 3.29. The fourth-order valence-electron chi connectivity index (χ4n) is 8.10. The van der Waals surface area contributed by atoms with Gasteiger partial charge < -0.3 is 0 Å². The third kappa shape index (κ3) is 9.78. The molecule has 0 atom stereocenters.